The molecule has 0 rings (SSSR count). The molecule has 0 radical (unpaired) electrons. The zero-order valence-corrected chi connectivity index (χ0v) is 9.00. The number of carbonyl (C=O) groups excluding carboxylic acids is 2. The molecule has 1 amide bonds. The van der Waals surface area contributed by atoms with Crippen molar-refractivity contribution in [2.75, 3.05) is 26.7 Å². The van der Waals surface area contributed by atoms with E-state index in [1.54, 1.807) is 0 Å². The fourth-order valence-corrected chi connectivity index (χ4v) is 0.810. The Morgan fingerprint density at radius 1 is 1.41 bits per heavy atom. The molecule has 0 saturated carbocycles. The van der Waals surface area contributed by atoms with Crippen molar-refractivity contribution in [3.63, 3.8) is 0 Å². The van der Waals surface area contributed by atoms with Gasteiger partial charge in [0.2, 0.25) is 5.91 Å². The number of methoxy groups -OCH3 is 1. The van der Waals surface area contributed by atoms with Crippen LogP contribution >= 0.6 is 0 Å². The van der Waals surface area contributed by atoms with Crippen molar-refractivity contribution >= 4 is 11.9 Å². The summed E-state index contributed by atoms with van der Waals surface area (Å²) in [5.41, 5.74) is 0. The summed E-state index contributed by atoms with van der Waals surface area (Å²) in [4.78, 5) is 21.6. The smallest absolute Gasteiger partial charge is 0.401 e. The van der Waals surface area contributed by atoms with Crippen molar-refractivity contribution in [3.05, 3.63) is 0 Å². The van der Waals surface area contributed by atoms with Crippen molar-refractivity contribution < 1.29 is 32.6 Å². The summed E-state index contributed by atoms with van der Waals surface area (Å²) < 4.78 is 39.2. The number of hydrogen-bond acceptors (Lipinski definition) is 5. The maximum absolute atomic E-state index is 11.7. The number of amides is 1. The quantitative estimate of drug-likeness (QED) is 0.520. The summed E-state index contributed by atoms with van der Waals surface area (Å²) in [7, 11) is 1.05. The first kappa shape index (κ1) is 15.7. The van der Waals surface area contributed by atoms with Crippen LogP contribution in [0.2, 0.25) is 0 Å². The standard InChI is InChI=1S/C8H13F3N2O4/c1-17-7(16)5(14)2-13-6(15)3-12-4-8(9,10)11/h5,12,14H,2-4H2,1H3,(H,13,15). The van der Waals surface area contributed by atoms with Crippen LogP contribution < -0.4 is 10.6 Å². The molecule has 3 N–H and O–H groups in total. The molecule has 0 saturated heterocycles. The van der Waals surface area contributed by atoms with E-state index in [4.69, 9.17) is 5.11 Å². The molecule has 0 aliphatic carbocycles. The van der Waals surface area contributed by atoms with E-state index in [1.807, 2.05) is 5.32 Å². The van der Waals surface area contributed by atoms with E-state index < -0.39 is 43.8 Å². The molecular formula is C8H13F3N2O4. The summed E-state index contributed by atoms with van der Waals surface area (Å²) in [5.74, 6) is -1.70. The average molecular weight is 258 g/mol. The minimum absolute atomic E-state index is 0.417. The molecule has 0 bridgehead atoms. The van der Waals surface area contributed by atoms with Crippen LogP contribution in [0.1, 0.15) is 0 Å². The predicted molar refractivity (Wildman–Crippen MR) is 50.0 cm³/mol. The van der Waals surface area contributed by atoms with Gasteiger partial charge >= 0.3 is 12.1 Å². The second-order valence-electron chi connectivity index (χ2n) is 3.06. The average Bonchev–Trinajstić information content (AvgIpc) is 2.22. The molecule has 0 aliphatic heterocycles. The molecule has 17 heavy (non-hydrogen) atoms. The van der Waals surface area contributed by atoms with Crippen LogP contribution in [0.3, 0.4) is 0 Å². The fourth-order valence-electron chi connectivity index (χ4n) is 0.810. The second-order valence-corrected chi connectivity index (χ2v) is 3.06. The zero-order valence-electron chi connectivity index (χ0n) is 9.00. The number of rotatable bonds is 6. The van der Waals surface area contributed by atoms with E-state index >= 15 is 0 Å². The first-order chi connectivity index (χ1) is 7.76. The minimum Gasteiger partial charge on any atom is -0.467 e. The Bertz CT molecular complexity index is 270. The van der Waals surface area contributed by atoms with Crippen LogP contribution in [0.5, 0.6) is 0 Å². The van der Waals surface area contributed by atoms with Crippen LogP contribution in [-0.4, -0.2) is 56.0 Å². The largest absolute Gasteiger partial charge is 0.467 e. The van der Waals surface area contributed by atoms with Gasteiger partial charge in [0.1, 0.15) is 0 Å². The molecule has 0 aromatic rings. The Morgan fingerprint density at radius 3 is 2.47 bits per heavy atom. The van der Waals surface area contributed by atoms with Crippen LogP contribution in [0.4, 0.5) is 13.2 Å². The van der Waals surface area contributed by atoms with Gasteiger partial charge in [-0.25, -0.2) is 4.79 Å². The molecule has 0 aromatic carbocycles. The maximum Gasteiger partial charge on any atom is 0.401 e. The molecule has 6 nitrogen and oxygen atoms in total. The number of halogens is 3. The van der Waals surface area contributed by atoms with Gasteiger partial charge in [0.25, 0.3) is 0 Å². The Labute approximate surface area is 95.1 Å². The van der Waals surface area contributed by atoms with Crippen LogP contribution in [0.25, 0.3) is 0 Å². The summed E-state index contributed by atoms with van der Waals surface area (Å²) in [6, 6.07) is 0. The SMILES string of the molecule is COC(=O)C(O)CNC(=O)CNCC(F)(F)F. The maximum atomic E-state index is 11.7. The third-order valence-electron chi connectivity index (χ3n) is 1.58. The van der Waals surface area contributed by atoms with E-state index in [-0.39, 0.29) is 0 Å². The van der Waals surface area contributed by atoms with Gasteiger partial charge in [0.05, 0.1) is 26.7 Å². The lowest BCUT2D eigenvalue weighted by atomic mass is 10.3. The second kappa shape index (κ2) is 7.07. The number of alkyl halides is 3. The first-order valence-corrected chi connectivity index (χ1v) is 4.56. The van der Waals surface area contributed by atoms with Gasteiger partial charge in [-0.1, -0.05) is 0 Å². The molecule has 9 heteroatoms. The van der Waals surface area contributed by atoms with Crippen LogP contribution in [0.15, 0.2) is 0 Å². The number of ether oxygens (including phenoxy) is 1. The highest BCUT2D eigenvalue weighted by atomic mass is 19.4. The number of carbonyl (C=O) groups is 2. The van der Waals surface area contributed by atoms with Gasteiger partial charge in [-0.15, -0.1) is 0 Å². The minimum atomic E-state index is -4.40. The molecule has 0 spiro atoms. The first-order valence-electron chi connectivity index (χ1n) is 4.56. The highest BCUT2D eigenvalue weighted by molar-refractivity contribution is 5.80. The molecule has 0 fully saturated rings. The lowest BCUT2D eigenvalue weighted by molar-refractivity contribution is -0.150. The van der Waals surface area contributed by atoms with Crippen molar-refractivity contribution in [1.29, 1.82) is 0 Å². The van der Waals surface area contributed by atoms with Crippen molar-refractivity contribution in [2.45, 2.75) is 12.3 Å². The van der Waals surface area contributed by atoms with Gasteiger partial charge in [-0.05, 0) is 0 Å². The molecule has 100 valence electrons. The van der Waals surface area contributed by atoms with E-state index in [9.17, 15) is 22.8 Å². The number of nitrogens with one attached hydrogen (secondary N) is 2. The zero-order chi connectivity index (χ0) is 13.5. The topological polar surface area (TPSA) is 87.7 Å². The van der Waals surface area contributed by atoms with Gasteiger partial charge in [0.15, 0.2) is 6.10 Å². The molecular weight excluding hydrogens is 245 g/mol. The van der Waals surface area contributed by atoms with Crippen LogP contribution in [-0.2, 0) is 14.3 Å². The Morgan fingerprint density at radius 2 is 2.00 bits per heavy atom. The lowest BCUT2D eigenvalue weighted by Crippen LogP contribution is -2.42. The van der Waals surface area contributed by atoms with Crippen molar-refractivity contribution in [3.8, 4) is 0 Å². The van der Waals surface area contributed by atoms with Gasteiger partial charge in [-0.2, -0.15) is 13.2 Å². The van der Waals surface area contributed by atoms with Crippen molar-refractivity contribution in [2.24, 2.45) is 0 Å². The summed E-state index contributed by atoms with van der Waals surface area (Å²) in [6.45, 7) is -2.27. The normalized spacial score (nSPS) is 13.0. The molecule has 1 unspecified atom stereocenters. The van der Waals surface area contributed by atoms with E-state index in [0.717, 1.165) is 7.11 Å². The number of aliphatic hydroxyl groups is 1. The Hall–Kier alpha value is -1.35. The molecule has 0 aliphatic rings. The highest BCUT2D eigenvalue weighted by Gasteiger charge is 2.26. The Balaban J connectivity index is 3.70. The lowest BCUT2D eigenvalue weighted by Gasteiger charge is -2.11. The summed E-state index contributed by atoms with van der Waals surface area (Å²) in [6.07, 6.45) is -5.93. The van der Waals surface area contributed by atoms with Crippen LogP contribution in [0, 0.1) is 0 Å². The van der Waals surface area contributed by atoms with Gasteiger partial charge < -0.3 is 20.5 Å². The molecule has 0 heterocycles. The van der Waals surface area contributed by atoms with E-state index in [0.29, 0.717) is 0 Å². The van der Waals surface area contributed by atoms with Crippen molar-refractivity contribution in [1.82, 2.24) is 10.6 Å². The van der Waals surface area contributed by atoms with E-state index in [1.165, 1.54) is 0 Å². The molecule has 1 atom stereocenters. The monoisotopic (exact) mass is 258 g/mol. The van der Waals surface area contributed by atoms with Gasteiger partial charge in [-0.3, -0.25) is 4.79 Å². The summed E-state index contributed by atoms with van der Waals surface area (Å²) in [5, 5.41) is 13.0. The number of aliphatic hydroxyl groups excluding tert-OH is 1. The number of hydrogen-bond donors (Lipinski definition) is 3. The fraction of sp³-hybridized carbons (Fsp3) is 0.750. The van der Waals surface area contributed by atoms with E-state index in [2.05, 4.69) is 10.1 Å². The Kier molecular flexibility index (Phi) is 6.51. The number of esters is 1. The van der Waals surface area contributed by atoms with Gasteiger partial charge in [0, 0.05) is 0 Å². The molecule has 0 aromatic heterocycles. The summed E-state index contributed by atoms with van der Waals surface area (Å²) >= 11 is 0. The predicted octanol–water partition coefficient (Wildman–Crippen LogP) is -1.21. The third kappa shape index (κ3) is 8.46. The highest BCUT2D eigenvalue weighted by Crippen LogP contribution is 2.11. The third-order valence-corrected chi connectivity index (χ3v) is 1.58.